The first-order valence-corrected chi connectivity index (χ1v) is 4.55. The zero-order chi connectivity index (χ0) is 11.0. The third-order valence-corrected chi connectivity index (χ3v) is 1.68. The number of amides is 2. The van der Waals surface area contributed by atoms with Crippen LogP contribution in [-0.2, 0) is 9.59 Å². The lowest BCUT2D eigenvalue weighted by atomic mass is 10.2. The summed E-state index contributed by atoms with van der Waals surface area (Å²) < 4.78 is 0. The van der Waals surface area contributed by atoms with E-state index >= 15 is 0 Å². The lowest BCUT2D eigenvalue weighted by Gasteiger charge is -2.13. The molecule has 0 rings (SSSR count). The fraction of sp³-hybridized carbons (Fsp3) is 0.750. The molecule has 0 spiro atoms. The molecule has 0 aliphatic rings. The molecule has 0 aliphatic carbocycles. The first kappa shape index (κ1) is 12.9. The summed E-state index contributed by atoms with van der Waals surface area (Å²) >= 11 is 0. The molecule has 0 fully saturated rings. The summed E-state index contributed by atoms with van der Waals surface area (Å²) in [5.74, 6) is -1.46. The lowest BCUT2D eigenvalue weighted by Crippen LogP contribution is -2.46. The van der Waals surface area contributed by atoms with Crippen molar-refractivity contribution in [1.82, 2.24) is 10.6 Å². The molecule has 2 amide bonds. The Morgan fingerprint density at radius 3 is 2.50 bits per heavy atom. The maximum Gasteiger partial charge on any atom is 0.309 e. The maximum atomic E-state index is 11.1. The van der Waals surface area contributed by atoms with Crippen LogP contribution in [0, 0.1) is 0 Å². The second kappa shape index (κ2) is 7.28. The van der Waals surface area contributed by atoms with E-state index in [1.165, 1.54) is 0 Å². The molecule has 0 aromatic carbocycles. The van der Waals surface area contributed by atoms with E-state index in [-0.39, 0.29) is 25.7 Å². The van der Waals surface area contributed by atoms with Crippen LogP contribution in [0.2, 0.25) is 0 Å². The van der Waals surface area contributed by atoms with Crippen molar-refractivity contribution in [3.8, 4) is 0 Å². The van der Waals surface area contributed by atoms with E-state index in [1.807, 2.05) is 0 Å². The van der Waals surface area contributed by atoms with Crippen molar-refractivity contribution in [1.29, 1.82) is 0 Å². The van der Waals surface area contributed by atoms with Gasteiger partial charge in [0, 0.05) is 13.1 Å². The highest BCUT2D eigenvalue weighted by molar-refractivity contribution is 6.35. The molecule has 1 atom stereocenters. The Hall–Kier alpha value is -1.14. The van der Waals surface area contributed by atoms with Crippen LogP contribution in [0.4, 0.5) is 0 Å². The highest BCUT2D eigenvalue weighted by Crippen LogP contribution is 1.87. The average molecular weight is 203 g/mol. The average Bonchev–Trinajstić information content (AvgIpc) is 2.21. The standard InChI is InChI=1S/C8H17N3O3/c1-2-6(5-12)11-8(14)7(13)10-4-3-9/h6,12H,2-5,9H2,1H3,(H,10,13)(H,11,14)/t6-/m0/s1. The van der Waals surface area contributed by atoms with Gasteiger partial charge in [0.25, 0.3) is 0 Å². The molecule has 0 radical (unpaired) electrons. The number of rotatable bonds is 5. The van der Waals surface area contributed by atoms with Crippen LogP contribution in [-0.4, -0.2) is 42.7 Å². The minimum Gasteiger partial charge on any atom is -0.394 e. The SMILES string of the molecule is CC[C@@H](CO)NC(=O)C(=O)NCCN. The summed E-state index contributed by atoms with van der Waals surface area (Å²) in [6.45, 7) is 2.18. The number of carbonyl (C=O) groups is 2. The summed E-state index contributed by atoms with van der Waals surface area (Å²) in [5.41, 5.74) is 5.14. The molecule has 0 aliphatic heterocycles. The van der Waals surface area contributed by atoms with Gasteiger partial charge in [0.15, 0.2) is 0 Å². The summed E-state index contributed by atoms with van der Waals surface area (Å²) in [7, 11) is 0. The van der Waals surface area contributed by atoms with Crippen LogP contribution in [0.15, 0.2) is 0 Å². The smallest absolute Gasteiger partial charge is 0.309 e. The van der Waals surface area contributed by atoms with Gasteiger partial charge in [-0.15, -0.1) is 0 Å². The third kappa shape index (κ3) is 4.78. The van der Waals surface area contributed by atoms with Gasteiger partial charge < -0.3 is 21.5 Å². The highest BCUT2D eigenvalue weighted by atomic mass is 16.3. The molecular weight excluding hydrogens is 186 g/mol. The second-order valence-electron chi connectivity index (χ2n) is 2.81. The van der Waals surface area contributed by atoms with Gasteiger partial charge in [-0.2, -0.15) is 0 Å². The van der Waals surface area contributed by atoms with Gasteiger partial charge >= 0.3 is 11.8 Å². The van der Waals surface area contributed by atoms with Crippen molar-refractivity contribution in [3.05, 3.63) is 0 Å². The number of nitrogens with two attached hydrogens (primary N) is 1. The number of carbonyl (C=O) groups excluding carboxylic acids is 2. The van der Waals surface area contributed by atoms with Gasteiger partial charge in [-0.05, 0) is 6.42 Å². The number of nitrogens with one attached hydrogen (secondary N) is 2. The molecule has 82 valence electrons. The van der Waals surface area contributed by atoms with Gasteiger partial charge in [-0.1, -0.05) is 6.92 Å². The summed E-state index contributed by atoms with van der Waals surface area (Å²) in [6, 6.07) is -0.369. The molecule has 6 heteroatoms. The van der Waals surface area contributed by atoms with Crippen molar-refractivity contribution >= 4 is 11.8 Å². The zero-order valence-electron chi connectivity index (χ0n) is 8.25. The Labute approximate surface area is 82.9 Å². The fourth-order valence-corrected chi connectivity index (χ4v) is 0.794. The Bertz CT molecular complexity index is 192. The van der Waals surface area contributed by atoms with E-state index in [4.69, 9.17) is 10.8 Å². The molecule has 6 nitrogen and oxygen atoms in total. The monoisotopic (exact) mass is 203 g/mol. The topological polar surface area (TPSA) is 104 Å². The highest BCUT2D eigenvalue weighted by Gasteiger charge is 2.15. The molecule has 0 saturated carbocycles. The van der Waals surface area contributed by atoms with Crippen molar-refractivity contribution in [3.63, 3.8) is 0 Å². The predicted octanol–water partition coefficient (Wildman–Crippen LogP) is -2.05. The van der Waals surface area contributed by atoms with Crippen LogP contribution < -0.4 is 16.4 Å². The maximum absolute atomic E-state index is 11.1. The van der Waals surface area contributed by atoms with Gasteiger partial charge in [-0.3, -0.25) is 9.59 Å². The Kier molecular flexibility index (Phi) is 6.69. The Balaban J connectivity index is 3.87. The molecule has 0 aromatic heterocycles. The summed E-state index contributed by atoms with van der Waals surface area (Å²) in [4.78, 5) is 22.1. The normalized spacial score (nSPS) is 11.9. The van der Waals surface area contributed by atoms with Gasteiger partial charge in [0.1, 0.15) is 0 Å². The van der Waals surface area contributed by atoms with Gasteiger partial charge in [0.2, 0.25) is 0 Å². The lowest BCUT2D eigenvalue weighted by molar-refractivity contribution is -0.139. The molecular formula is C8H17N3O3. The molecule has 0 bridgehead atoms. The molecule has 0 heterocycles. The largest absolute Gasteiger partial charge is 0.394 e. The van der Waals surface area contributed by atoms with Crippen LogP contribution in [0.1, 0.15) is 13.3 Å². The van der Waals surface area contributed by atoms with E-state index < -0.39 is 11.8 Å². The van der Waals surface area contributed by atoms with E-state index in [0.717, 1.165) is 0 Å². The number of aliphatic hydroxyl groups excluding tert-OH is 1. The van der Waals surface area contributed by atoms with E-state index in [1.54, 1.807) is 6.92 Å². The number of hydrogen-bond acceptors (Lipinski definition) is 4. The van der Waals surface area contributed by atoms with Crippen LogP contribution >= 0.6 is 0 Å². The van der Waals surface area contributed by atoms with Gasteiger partial charge in [0.05, 0.1) is 12.6 Å². The molecule has 0 aromatic rings. The second-order valence-corrected chi connectivity index (χ2v) is 2.81. The minimum absolute atomic E-state index is 0.174. The Morgan fingerprint density at radius 1 is 1.43 bits per heavy atom. The molecule has 0 unspecified atom stereocenters. The van der Waals surface area contributed by atoms with Crippen molar-refractivity contribution < 1.29 is 14.7 Å². The quantitative estimate of drug-likeness (QED) is 0.386. The van der Waals surface area contributed by atoms with Crippen LogP contribution in [0.5, 0.6) is 0 Å². The minimum atomic E-state index is -0.737. The molecule has 0 saturated heterocycles. The predicted molar refractivity (Wildman–Crippen MR) is 51.4 cm³/mol. The zero-order valence-corrected chi connectivity index (χ0v) is 8.25. The Morgan fingerprint density at radius 2 is 2.07 bits per heavy atom. The molecule has 5 N–H and O–H groups in total. The van der Waals surface area contributed by atoms with E-state index in [2.05, 4.69) is 10.6 Å². The fourth-order valence-electron chi connectivity index (χ4n) is 0.794. The van der Waals surface area contributed by atoms with Crippen LogP contribution in [0.25, 0.3) is 0 Å². The van der Waals surface area contributed by atoms with Crippen molar-refractivity contribution in [2.24, 2.45) is 5.73 Å². The first-order chi connectivity index (χ1) is 6.65. The van der Waals surface area contributed by atoms with E-state index in [9.17, 15) is 9.59 Å². The van der Waals surface area contributed by atoms with Gasteiger partial charge in [-0.25, -0.2) is 0 Å². The number of aliphatic hydroxyl groups is 1. The first-order valence-electron chi connectivity index (χ1n) is 4.55. The van der Waals surface area contributed by atoms with Crippen molar-refractivity contribution in [2.75, 3.05) is 19.7 Å². The van der Waals surface area contributed by atoms with Crippen molar-refractivity contribution in [2.45, 2.75) is 19.4 Å². The molecule has 14 heavy (non-hydrogen) atoms. The third-order valence-electron chi connectivity index (χ3n) is 1.68. The summed E-state index contributed by atoms with van der Waals surface area (Å²) in [6.07, 6.45) is 0.576. The number of hydrogen-bond donors (Lipinski definition) is 4. The van der Waals surface area contributed by atoms with E-state index in [0.29, 0.717) is 6.42 Å². The summed E-state index contributed by atoms with van der Waals surface area (Å²) in [5, 5.41) is 13.5. The van der Waals surface area contributed by atoms with Crippen LogP contribution in [0.3, 0.4) is 0 Å².